The van der Waals surface area contributed by atoms with Crippen molar-refractivity contribution in [3.63, 3.8) is 0 Å². The summed E-state index contributed by atoms with van der Waals surface area (Å²) in [6, 6.07) is 0. The van der Waals surface area contributed by atoms with Crippen molar-refractivity contribution in [1.29, 1.82) is 0 Å². The maximum absolute atomic E-state index is 5.77. The molecule has 1 aromatic heterocycles. The molecule has 1 saturated heterocycles. The standard InChI is InChI=1S/C10H16N4O3/c1-15-8-9(14-11)12-6-13-10(8)17-7-2-4-16-5-3-7/h6-7H,2-5,11H2,1H3,(H,12,13,14). The van der Waals surface area contributed by atoms with Gasteiger partial charge in [0.2, 0.25) is 5.75 Å². The topological polar surface area (TPSA) is 91.5 Å². The van der Waals surface area contributed by atoms with Gasteiger partial charge in [-0.05, 0) is 0 Å². The van der Waals surface area contributed by atoms with Crippen LogP contribution >= 0.6 is 0 Å². The summed E-state index contributed by atoms with van der Waals surface area (Å²) in [6.07, 6.45) is 3.17. The summed E-state index contributed by atoms with van der Waals surface area (Å²) in [5.74, 6) is 6.56. The number of rotatable bonds is 4. The summed E-state index contributed by atoms with van der Waals surface area (Å²) in [6.45, 7) is 1.42. The molecule has 0 spiro atoms. The molecule has 0 saturated carbocycles. The lowest BCUT2D eigenvalue weighted by molar-refractivity contribution is 0.0226. The van der Waals surface area contributed by atoms with Crippen LogP contribution in [0.2, 0.25) is 0 Å². The molecule has 0 amide bonds. The molecule has 2 heterocycles. The second kappa shape index (κ2) is 5.65. The number of hydrogen-bond donors (Lipinski definition) is 2. The molecule has 0 aliphatic carbocycles. The van der Waals surface area contributed by atoms with Crippen molar-refractivity contribution in [2.45, 2.75) is 18.9 Å². The third-order valence-corrected chi connectivity index (χ3v) is 2.56. The third-order valence-electron chi connectivity index (χ3n) is 2.56. The van der Waals surface area contributed by atoms with Crippen molar-refractivity contribution < 1.29 is 14.2 Å². The van der Waals surface area contributed by atoms with Crippen LogP contribution < -0.4 is 20.7 Å². The molecule has 0 atom stereocenters. The maximum Gasteiger partial charge on any atom is 0.262 e. The van der Waals surface area contributed by atoms with Gasteiger partial charge in [-0.1, -0.05) is 0 Å². The van der Waals surface area contributed by atoms with E-state index in [4.69, 9.17) is 20.1 Å². The van der Waals surface area contributed by atoms with Crippen LogP contribution in [0, 0.1) is 0 Å². The quantitative estimate of drug-likeness (QED) is 0.578. The fourth-order valence-electron chi connectivity index (χ4n) is 1.68. The van der Waals surface area contributed by atoms with Gasteiger partial charge < -0.3 is 19.6 Å². The SMILES string of the molecule is COc1c(NN)ncnc1OC1CCOCC1. The van der Waals surface area contributed by atoms with E-state index >= 15 is 0 Å². The van der Waals surface area contributed by atoms with Crippen molar-refractivity contribution >= 4 is 5.82 Å². The summed E-state index contributed by atoms with van der Waals surface area (Å²) in [7, 11) is 1.52. The summed E-state index contributed by atoms with van der Waals surface area (Å²) >= 11 is 0. The van der Waals surface area contributed by atoms with Gasteiger partial charge >= 0.3 is 0 Å². The monoisotopic (exact) mass is 240 g/mol. The lowest BCUT2D eigenvalue weighted by Crippen LogP contribution is -2.26. The van der Waals surface area contributed by atoms with Gasteiger partial charge in [0.05, 0.1) is 20.3 Å². The Kier molecular flexibility index (Phi) is 3.94. The zero-order chi connectivity index (χ0) is 12.1. The molecule has 7 nitrogen and oxygen atoms in total. The van der Waals surface area contributed by atoms with Gasteiger partial charge in [-0.2, -0.15) is 4.98 Å². The first kappa shape index (κ1) is 11.9. The average molecular weight is 240 g/mol. The molecule has 0 radical (unpaired) electrons. The summed E-state index contributed by atoms with van der Waals surface area (Å²) in [5, 5.41) is 0. The zero-order valence-electron chi connectivity index (χ0n) is 9.68. The molecule has 1 fully saturated rings. The number of hydrogen-bond acceptors (Lipinski definition) is 7. The number of nitrogens with one attached hydrogen (secondary N) is 1. The van der Waals surface area contributed by atoms with E-state index in [1.165, 1.54) is 13.4 Å². The lowest BCUT2D eigenvalue weighted by Gasteiger charge is -2.23. The van der Waals surface area contributed by atoms with Gasteiger partial charge in [0.1, 0.15) is 12.4 Å². The molecule has 0 bridgehead atoms. The van der Waals surface area contributed by atoms with E-state index in [-0.39, 0.29) is 6.10 Å². The molecule has 1 aliphatic rings. The van der Waals surface area contributed by atoms with Crippen LogP contribution in [-0.4, -0.2) is 36.4 Å². The number of ether oxygens (including phenoxy) is 3. The highest BCUT2D eigenvalue weighted by Crippen LogP contribution is 2.31. The van der Waals surface area contributed by atoms with Crippen molar-refractivity contribution in [3.05, 3.63) is 6.33 Å². The molecule has 17 heavy (non-hydrogen) atoms. The van der Waals surface area contributed by atoms with Crippen LogP contribution in [-0.2, 0) is 4.74 Å². The molecule has 3 N–H and O–H groups in total. The number of hydrazine groups is 1. The fraction of sp³-hybridized carbons (Fsp3) is 0.600. The summed E-state index contributed by atoms with van der Waals surface area (Å²) < 4.78 is 16.2. The molecule has 94 valence electrons. The molecular formula is C10H16N4O3. The van der Waals surface area contributed by atoms with Crippen LogP contribution in [0.3, 0.4) is 0 Å². The Morgan fingerprint density at radius 3 is 2.82 bits per heavy atom. The zero-order valence-corrected chi connectivity index (χ0v) is 9.68. The predicted molar refractivity (Wildman–Crippen MR) is 60.9 cm³/mol. The second-order valence-corrected chi connectivity index (χ2v) is 3.63. The van der Waals surface area contributed by atoms with Crippen LogP contribution in [0.25, 0.3) is 0 Å². The Balaban J connectivity index is 2.13. The van der Waals surface area contributed by atoms with Gasteiger partial charge in [-0.15, -0.1) is 0 Å². The van der Waals surface area contributed by atoms with E-state index < -0.39 is 0 Å². The second-order valence-electron chi connectivity index (χ2n) is 3.63. The van der Waals surface area contributed by atoms with E-state index in [1.807, 2.05) is 0 Å². The lowest BCUT2D eigenvalue weighted by atomic mass is 10.1. The largest absolute Gasteiger partial charge is 0.489 e. The minimum absolute atomic E-state index is 0.0955. The Morgan fingerprint density at radius 2 is 2.18 bits per heavy atom. The molecule has 0 unspecified atom stereocenters. The number of nitrogen functional groups attached to an aromatic ring is 1. The minimum Gasteiger partial charge on any atom is -0.489 e. The molecule has 0 aromatic carbocycles. The number of aromatic nitrogens is 2. The van der Waals surface area contributed by atoms with Gasteiger partial charge in [-0.3, -0.25) is 0 Å². The first-order valence-corrected chi connectivity index (χ1v) is 5.45. The van der Waals surface area contributed by atoms with Gasteiger partial charge in [0.25, 0.3) is 5.88 Å². The van der Waals surface area contributed by atoms with Gasteiger partial charge in [0, 0.05) is 12.8 Å². The average Bonchev–Trinajstić information content (AvgIpc) is 2.39. The predicted octanol–water partition coefficient (Wildman–Crippen LogP) is 0.329. The van der Waals surface area contributed by atoms with Crippen LogP contribution in [0.1, 0.15) is 12.8 Å². The highest BCUT2D eigenvalue weighted by atomic mass is 16.5. The van der Waals surface area contributed by atoms with E-state index in [9.17, 15) is 0 Å². The van der Waals surface area contributed by atoms with Crippen LogP contribution in [0.15, 0.2) is 6.33 Å². The Hall–Kier alpha value is -1.60. The van der Waals surface area contributed by atoms with Gasteiger partial charge in [-0.25, -0.2) is 10.8 Å². The summed E-state index contributed by atoms with van der Waals surface area (Å²) in [5.41, 5.74) is 2.44. The van der Waals surface area contributed by atoms with Crippen LogP contribution in [0.5, 0.6) is 11.6 Å². The van der Waals surface area contributed by atoms with E-state index in [0.29, 0.717) is 30.7 Å². The molecule has 7 heteroatoms. The smallest absolute Gasteiger partial charge is 0.262 e. The van der Waals surface area contributed by atoms with Crippen molar-refractivity contribution in [3.8, 4) is 11.6 Å². The fourth-order valence-corrected chi connectivity index (χ4v) is 1.68. The van der Waals surface area contributed by atoms with E-state index in [1.54, 1.807) is 0 Å². The first-order chi connectivity index (χ1) is 8.35. The van der Waals surface area contributed by atoms with Crippen LogP contribution in [0.4, 0.5) is 5.82 Å². The molecule has 1 aliphatic heterocycles. The molecular weight excluding hydrogens is 224 g/mol. The number of nitrogens with two attached hydrogens (primary N) is 1. The minimum atomic E-state index is 0.0955. The van der Waals surface area contributed by atoms with Gasteiger partial charge in [0.15, 0.2) is 5.82 Å². The van der Waals surface area contributed by atoms with Crippen molar-refractivity contribution in [1.82, 2.24) is 9.97 Å². The number of methoxy groups -OCH3 is 1. The molecule has 1 aromatic rings. The highest BCUT2D eigenvalue weighted by molar-refractivity contribution is 5.54. The van der Waals surface area contributed by atoms with E-state index in [2.05, 4.69) is 15.4 Å². The van der Waals surface area contributed by atoms with Crippen molar-refractivity contribution in [2.24, 2.45) is 5.84 Å². The third kappa shape index (κ3) is 2.75. The van der Waals surface area contributed by atoms with E-state index in [0.717, 1.165) is 12.8 Å². The summed E-state index contributed by atoms with van der Waals surface area (Å²) in [4.78, 5) is 8.00. The van der Waals surface area contributed by atoms with Crippen molar-refractivity contribution in [2.75, 3.05) is 25.7 Å². The number of anilines is 1. The highest BCUT2D eigenvalue weighted by Gasteiger charge is 2.20. The molecule has 2 rings (SSSR count). The maximum atomic E-state index is 5.77. The normalized spacial score (nSPS) is 16.6. The Labute approximate surface area is 99.3 Å². The Bertz CT molecular complexity index is 369. The number of nitrogens with zero attached hydrogens (tertiary/aromatic N) is 2. The first-order valence-electron chi connectivity index (χ1n) is 5.45. The Morgan fingerprint density at radius 1 is 1.41 bits per heavy atom.